The van der Waals surface area contributed by atoms with Crippen molar-refractivity contribution in [2.45, 2.75) is 20.1 Å². The fraction of sp³-hybridized carbons (Fsp3) is 0.143. The molecule has 0 fully saturated rings. The molecule has 0 radical (unpaired) electrons. The van der Waals surface area contributed by atoms with Gasteiger partial charge in [-0.3, -0.25) is 0 Å². The minimum atomic E-state index is 0.579. The summed E-state index contributed by atoms with van der Waals surface area (Å²) in [5.41, 5.74) is 4.60. The van der Waals surface area contributed by atoms with E-state index in [-0.39, 0.29) is 0 Å². The van der Waals surface area contributed by atoms with E-state index in [1.807, 2.05) is 30.3 Å². The summed E-state index contributed by atoms with van der Waals surface area (Å²) in [5, 5.41) is 4.06. The summed E-state index contributed by atoms with van der Waals surface area (Å²) < 4.78 is 6.73. The molecule has 0 aliphatic rings. The van der Waals surface area contributed by atoms with Crippen LogP contribution in [-0.4, -0.2) is 0 Å². The molecular formula is C21H19BrClNO. The van der Waals surface area contributed by atoms with Gasteiger partial charge in [-0.2, -0.15) is 0 Å². The number of nitrogens with one attached hydrogen (secondary N) is 1. The first kappa shape index (κ1) is 17.8. The molecule has 3 rings (SSSR count). The summed E-state index contributed by atoms with van der Waals surface area (Å²) in [6.07, 6.45) is 0. The fourth-order valence-corrected chi connectivity index (χ4v) is 2.79. The van der Waals surface area contributed by atoms with Crippen LogP contribution in [-0.2, 0) is 13.2 Å². The highest BCUT2D eigenvalue weighted by molar-refractivity contribution is 9.10. The third-order valence-corrected chi connectivity index (χ3v) is 5.10. The van der Waals surface area contributed by atoms with Crippen LogP contribution in [0.3, 0.4) is 0 Å². The van der Waals surface area contributed by atoms with Gasteiger partial charge in [-0.05, 0) is 64.3 Å². The summed E-state index contributed by atoms with van der Waals surface area (Å²) in [4.78, 5) is 0. The molecular weight excluding hydrogens is 398 g/mol. The summed E-state index contributed by atoms with van der Waals surface area (Å²) in [6, 6.07) is 22.4. The Morgan fingerprint density at radius 1 is 0.920 bits per heavy atom. The number of anilines is 1. The van der Waals surface area contributed by atoms with Crippen molar-refractivity contribution >= 4 is 33.2 Å². The van der Waals surface area contributed by atoms with E-state index in [1.54, 1.807) is 0 Å². The first-order valence-electron chi connectivity index (χ1n) is 8.06. The fourth-order valence-electron chi connectivity index (χ4n) is 2.36. The van der Waals surface area contributed by atoms with Gasteiger partial charge in [-0.1, -0.05) is 53.6 Å². The second-order valence-electron chi connectivity index (χ2n) is 5.90. The van der Waals surface area contributed by atoms with Crippen LogP contribution < -0.4 is 10.1 Å². The zero-order valence-corrected chi connectivity index (χ0v) is 16.3. The highest BCUT2D eigenvalue weighted by atomic mass is 79.9. The maximum atomic E-state index is 6.11. The van der Waals surface area contributed by atoms with Crippen LogP contribution in [0.15, 0.2) is 71.2 Å². The Morgan fingerprint density at radius 2 is 1.60 bits per heavy atom. The van der Waals surface area contributed by atoms with Crippen molar-refractivity contribution < 1.29 is 4.74 Å². The van der Waals surface area contributed by atoms with E-state index in [1.165, 1.54) is 16.7 Å². The monoisotopic (exact) mass is 415 g/mol. The molecule has 0 spiro atoms. The molecule has 0 saturated heterocycles. The number of hydrogen-bond donors (Lipinski definition) is 1. The van der Waals surface area contributed by atoms with Crippen molar-refractivity contribution in [3.63, 3.8) is 0 Å². The topological polar surface area (TPSA) is 21.3 Å². The zero-order valence-electron chi connectivity index (χ0n) is 13.9. The molecule has 0 heterocycles. The SMILES string of the molecule is Cc1ccc(COc2ccc(CNc3ccc(Br)c(Cl)c3)cc2)cc1. The molecule has 0 atom stereocenters. The largest absolute Gasteiger partial charge is 0.489 e. The smallest absolute Gasteiger partial charge is 0.119 e. The summed E-state index contributed by atoms with van der Waals surface area (Å²) in [7, 11) is 0. The van der Waals surface area contributed by atoms with Crippen LogP contribution >= 0.6 is 27.5 Å². The van der Waals surface area contributed by atoms with Crippen LogP contribution in [0.2, 0.25) is 5.02 Å². The molecule has 4 heteroatoms. The van der Waals surface area contributed by atoms with Crippen molar-refractivity contribution in [2.24, 2.45) is 0 Å². The van der Waals surface area contributed by atoms with Gasteiger partial charge in [0.1, 0.15) is 12.4 Å². The van der Waals surface area contributed by atoms with Gasteiger partial charge in [-0.15, -0.1) is 0 Å². The number of ether oxygens (including phenoxy) is 1. The molecule has 0 amide bonds. The molecule has 3 aromatic rings. The maximum Gasteiger partial charge on any atom is 0.119 e. The van der Waals surface area contributed by atoms with Crippen LogP contribution in [0.5, 0.6) is 5.75 Å². The van der Waals surface area contributed by atoms with Crippen molar-refractivity contribution in [1.29, 1.82) is 0 Å². The molecule has 0 saturated carbocycles. The van der Waals surface area contributed by atoms with E-state index in [4.69, 9.17) is 16.3 Å². The Hall–Kier alpha value is -1.97. The van der Waals surface area contributed by atoms with Crippen molar-refractivity contribution in [1.82, 2.24) is 0 Å². The number of halogens is 2. The van der Waals surface area contributed by atoms with E-state index in [9.17, 15) is 0 Å². The Bertz CT molecular complexity index is 832. The van der Waals surface area contributed by atoms with Crippen molar-refractivity contribution in [3.8, 4) is 5.75 Å². The normalized spacial score (nSPS) is 10.5. The van der Waals surface area contributed by atoms with Gasteiger partial charge in [0, 0.05) is 16.7 Å². The second kappa shape index (κ2) is 8.41. The minimum absolute atomic E-state index is 0.579. The van der Waals surface area contributed by atoms with E-state index in [0.717, 1.165) is 22.5 Å². The van der Waals surface area contributed by atoms with E-state index >= 15 is 0 Å². The van der Waals surface area contributed by atoms with E-state index < -0.39 is 0 Å². The van der Waals surface area contributed by atoms with Crippen LogP contribution in [0.4, 0.5) is 5.69 Å². The standard InChI is InChI=1S/C21H19BrClNO/c1-15-2-4-17(5-3-15)14-25-19-9-6-16(7-10-19)13-24-18-8-11-20(22)21(23)12-18/h2-12,24H,13-14H2,1H3. The minimum Gasteiger partial charge on any atom is -0.489 e. The highest BCUT2D eigenvalue weighted by Gasteiger charge is 2.01. The van der Waals surface area contributed by atoms with Gasteiger partial charge in [0.15, 0.2) is 0 Å². The average molecular weight is 417 g/mol. The molecule has 0 bridgehead atoms. The Balaban J connectivity index is 1.53. The van der Waals surface area contributed by atoms with Gasteiger partial charge < -0.3 is 10.1 Å². The average Bonchev–Trinajstić information content (AvgIpc) is 2.63. The van der Waals surface area contributed by atoms with E-state index in [2.05, 4.69) is 64.6 Å². The van der Waals surface area contributed by atoms with Gasteiger partial charge in [-0.25, -0.2) is 0 Å². The molecule has 128 valence electrons. The van der Waals surface area contributed by atoms with Crippen LogP contribution in [0.1, 0.15) is 16.7 Å². The quantitative estimate of drug-likeness (QED) is 0.488. The number of benzene rings is 3. The molecule has 0 aliphatic heterocycles. The lowest BCUT2D eigenvalue weighted by Gasteiger charge is -2.10. The summed E-state index contributed by atoms with van der Waals surface area (Å²) >= 11 is 9.50. The Labute approximate surface area is 161 Å². The maximum absolute atomic E-state index is 6.11. The lowest BCUT2D eigenvalue weighted by molar-refractivity contribution is 0.306. The third-order valence-electron chi connectivity index (χ3n) is 3.87. The van der Waals surface area contributed by atoms with Gasteiger partial charge in [0.2, 0.25) is 0 Å². The van der Waals surface area contributed by atoms with Gasteiger partial charge in [0.25, 0.3) is 0 Å². The van der Waals surface area contributed by atoms with E-state index in [0.29, 0.717) is 11.6 Å². The molecule has 0 aliphatic carbocycles. The molecule has 0 aromatic heterocycles. The third kappa shape index (κ3) is 5.25. The van der Waals surface area contributed by atoms with Crippen LogP contribution in [0.25, 0.3) is 0 Å². The molecule has 3 aromatic carbocycles. The second-order valence-corrected chi connectivity index (χ2v) is 7.16. The van der Waals surface area contributed by atoms with Gasteiger partial charge >= 0.3 is 0 Å². The summed E-state index contributed by atoms with van der Waals surface area (Å²) in [5.74, 6) is 0.871. The lowest BCUT2D eigenvalue weighted by Crippen LogP contribution is -2.00. The lowest BCUT2D eigenvalue weighted by atomic mass is 10.2. The number of rotatable bonds is 6. The van der Waals surface area contributed by atoms with Gasteiger partial charge in [0.05, 0.1) is 5.02 Å². The summed E-state index contributed by atoms with van der Waals surface area (Å²) in [6.45, 7) is 3.39. The molecule has 0 unspecified atom stereocenters. The predicted molar refractivity (Wildman–Crippen MR) is 108 cm³/mol. The number of aryl methyl sites for hydroxylation is 1. The Kier molecular flexibility index (Phi) is 6.00. The van der Waals surface area contributed by atoms with Crippen molar-refractivity contribution in [2.75, 3.05) is 5.32 Å². The number of hydrogen-bond acceptors (Lipinski definition) is 2. The molecule has 25 heavy (non-hydrogen) atoms. The first-order valence-corrected chi connectivity index (χ1v) is 9.23. The Morgan fingerprint density at radius 3 is 2.28 bits per heavy atom. The molecule has 2 nitrogen and oxygen atoms in total. The molecule has 1 N–H and O–H groups in total. The highest BCUT2D eigenvalue weighted by Crippen LogP contribution is 2.26. The predicted octanol–water partition coefficient (Wildman–Crippen LogP) is 6.60. The van der Waals surface area contributed by atoms with Crippen LogP contribution in [0, 0.1) is 6.92 Å². The zero-order chi connectivity index (χ0) is 17.6. The first-order chi connectivity index (χ1) is 12.1. The van der Waals surface area contributed by atoms with Crippen molar-refractivity contribution in [3.05, 3.63) is 92.9 Å².